The smallest absolute Gasteiger partial charge is 0.191 e. The van der Waals surface area contributed by atoms with E-state index in [4.69, 9.17) is 9.73 Å². The van der Waals surface area contributed by atoms with Gasteiger partial charge in [-0.1, -0.05) is 19.8 Å². The summed E-state index contributed by atoms with van der Waals surface area (Å²) in [4.78, 5) is 4.73. The van der Waals surface area contributed by atoms with Gasteiger partial charge in [-0.05, 0) is 38.5 Å². The lowest BCUT2D eigenvalue weighted by atomic mass is 9.82. The summed E-state index contributed by atoms with van der Waals surface area (Å²) in [6, 6.07) is 0.285. The van der Waals surface area contributed by atoms with Crippen molar-refractivity contribution in [1.82, 2.24) is 10.6 Å². The first-order valence-electron chi connectivity index (χ1n) is 7.69. The molecule has 0 saturated heterocycles. The molecule has 1 aliphatic rings. The van der Waals surface area contributed by atoms with Gasteiger partial charge in [0.15, 0.2) is 5.96 Å². The van der Waals surface area contributed by atoms with Crippen molar-refractivity contribution < 1.29 is 4.74 Å². The third-order valence-electron chi connectivity index (χ3n) is 3.70. The van der Waals surface area contributed by atoms with Crippen molar-refractivity contribution in [2.45, 2.75) is 52.5 Å². The van der Waals surface area contributed by atoms with Crippen LogP contribution in [0, 0.1) is 11.8 Å². The monoisotopic (exact) mass is 397 g/mol. The second-order valence-electron chi connectivity index (χ2n) is 5.86. The van der Waals surface area contributed by atoms with Crippen LogP contribution in [0.1, 0.15) is 46.5 Å². The number of nitrogens with zero attached hydrogens (tertiary/aromatic N) is 1. The van der Waals surface area contributed by atoms with E-state index in [2.05, 4.69) is 31.4 Å². The van der Waals surface area contributed by atoms with Gasteiger partial charge >= 0.3 is 0 Å². The van der Waals surface area contributed by atoms with Crippen molar-refractivity contribution in [3.8, 4) is 0 Å². The maximum absolute atomic E-state index is 5.15. The first-order chi connectivity index (χ1) is 9.15. The molecular weight excluding hydrogens is 365 g/mol. The largest absolute Gasteiger partial charge is 0.383 e. The molecule has 1 fully saturated rings. The van der Waals surface area contributed by atoms with Crippen LogP contribution in [0.3, 0.4) is 0 Å². The Morgan fingerprint density at radius 1 is 1.40 bits per heavy atom. The van der Waals surface area contributed by atoms with Crippen LogP contribution in [-0.4, -0.2) is 38.8 Å². The Bertz CT molecular complexity index is 274. The normalized spacial score (nSPS) is 24.7. The molecule has 1 aliphatic carbocycles. The number of nitrogens with one attached hydrogen (secondary N) is 2. The Morgan fingerprint density at radius 2 is 2.15 bits per heavy atom. The third-order valence-corrected chi connectivity index (χ3v) is 3.70. The van der Waals surface area contributed by atoms with E-state index >= 15 is 0 Å². The van der Waals surface area contributed by atoms with Crippen molar-refractivity contribution in [2.24, 2.45) is 16.8 Å². The van der Waals surface area contributed by atoms with Crippen molar-refractivity contribution in [3.63, 3.8) is 0 Å². The van der Waals surface area contributed by atoms with Crippen LogP contribution >= 0.6 is 24.0 Å². The van der Waals surface area contributed by atoms with Gasteiger partial charge in [0.05, 0.1) is 6.61 Å². The van der Waals surface area contributed by atoms with Crippen molar-refractivity contribution in [3.05, 3.63) is 0 Å². The number of halogens is 1. The molecule has 0 spiro atoms. The molecule has 4 nitrogen and oxygen atoms in total. The Balaban J connectivity index is 0.00000361. The van der Waals surface area contributed by atoms with E-state index in [1.54, 1.807) is 7.11 Å². The summed E-state index contributed by atoms with van der Waals surface area (Å²) in [5.41, 5.74) is 0. The molecule has 0 bridgehead atoms. The number of hydrogen-bond acceptors (Lipinski definition) is 2. The molecule has 1 saturated carbocycles. The van der Waals surface area contributed by atoms with Gasteiger partial charge in [0, 0.05) is 26.2 Å². The topological polar surface area (TPSA) is 45.7 Å². The van der Waals surface area contributed by atoms with Gasteiger partial charge in [0.1, 0.15) is 0 Å². The minimum atomic E-state index is 0. The summed E-state index contributed by atoms with van der Waals surface area (Å²) in [5.74, 6) is 2.55. The lowest BCUT2D eigenvalue weighted by Crippen LogP contribution is -2.44. The molecule has 120 valence electrons. The molecule has 0 aliphatic heterocycles. The van der Waals surface area contributed by atoms with Crippen molar-refractivity contribution in [2.75, 3.05) is 26.8 Å². The van der Waals surface area contributed by atoms with Gasteiger partial charge in [-0.15, -0.1) is 24.0 Å². The average molecular weight is 397 g/mol. The Hall–Kier alpha value is -0.0400. The van der Waals surface area contributed by atoms with Crippen LogP contribution in [0.25, 0.3) is 0 Å². The molecule has 20 heavy (non-hydrogen) atoms. The highest BCUT2D eigenvalue weighted by molar-refractivity contribution is 14.0. The van der Waals surface area contributed by atoms with E-state index < -0.39 is 0 Å². The standard InChI is InChI=1S/C15H31N3O.HI/c1-5-16-15(18-13(3)11-19-4)17-10-14-8-6-7-12(2)9-14;/h12-14H,5-11H2,1-4H3,(H2,16,17,18);1H. The van der Waals surface area contributed by atoms with Crippen LogP contribution in [0.5, 0.6) is 0 Å². The highest BCUT2D eigenvalue weighted by Gasteiger charge is 2.18. The molecule has 0 aromatic heterocycles. The number of guanidine groups is 1. The van der Waals surface area contributed by atoms with Crippen LogP contribution in [0.15, 0.2) is 4.99 Å². The second-order valence-corrected chi connectivity index (χ2v) is 5.86. The number of aliphatic imine (C=N–C) groups is 1. The fourth-order valence-electron chi connectivity index (χ4n) is 2.79. The summed E-state index contributed by atoms with van der Waals surface area (Å²) in [6.07, 6.45) is 5.42. The molecule has 5 heteroatoms. The summed E-state index contributed by atoms with van der Waals surface area (Å²) in [5, 5.41) is 6.69. The first-order valence-corrected chi connectivity index (χ1v) is 7.69. The van der Waals surface area contributed by atoms with Crippen LogP contribution in [0.4, 0.5) is 0 Å². The highest BCUT2D eigenvalue weighted by Crippen LogP contribution is 2.28. The molecule has 0 radical (unpaired) electrons. The lowest BCUT2D eigenvalue weighted by molar-refractivity contribution is 0.179. The third kappa shape index (κ3) is 8.29. The van der Waals surface area contributed by atoms with Crippen LogP contribution in [0.2, 0.25) is 0 Å². The Kier molecular flexibility index (Phi) is 11.6. The maximum atomic E-state index is 5.15. The highest BCUT2D eigenvalue weighted by atomic mass is 127. The Labute approximate surface area is 141 Å². The number of methoxy groups -OCH3 is 1. The SMILES string of the molecule is CCNC(=NCC1CCCC(C)C1)NC(C)COC.I. The minimum Gasteiger partial charge on any atom is -0.383 e. The Morgan fingerprint density at radius 3 is 2.75 bits per heavy atom. The maximum Gasteiger partial charge on any atom is 0.191 e. The average Bonchev–Trinajstić information content (AvgIpc) is 2.36. The molecule has 0 amide bonds. The summed E-state index contributed by atoms with van der Waals surface area (Å²) < 4.78 is 5.15. The van der Waals surface area contributed by atoms with Gasteiger partial charge in [0.2, 0.25) is 0 Å². The van der Waals surface area contributed by atoms with E-state index in [0.717, 1.165) is 30.9 Å². The fraction of sp³-hybridized carbons (Fsp3) is 0.933. The van der Waals surface area contributed by atoms with Gasteiger partial charge in [0.25, 0.3) is 0 Å². The van der Waals surface area contributed by atoms with E-state index in [1.165, 1.54) is 25.7 Å². The van der Waals surface area contributed by atoms with Gasteiger partial charge < -0.3 is 15.4 Å². The lowest BCUT2D eigenvalue weighted by Gasteiger charge is -2.26. The second kappa shape index (κ2) is 11.6. The van der Waals surface area contributed by atoms with E-state index in [0.29, 0.717) is 6.61 Å². The number of ether oxygens (including phenoxy) is 1. The van der Waals surface area contributed by atoms with Crippen LogP contribution in [-0.2, 0) is 4.74 Å². The number of rotatable bonds is 6. The molecular formula is C15H32IN3O. The van der Waals surface area contributed by atoms with Gasteiger partial charge in [-0.3, -0.25) is 4.99 Å². The minimum absolute atomic E-state index is 0. The first kappa shape index (κ1) is 20.0. The quantitative estimate of drug-likeness (QED) is 0.412. The zero-order valence-electron chi connectivity index (χ0n) is 13.4. The molecule has 0 heterocycles. The molecule has 1 rings (SSSR count). The number of hydrogen-bond donors (Lipinski definition) is 2. The summed E-state index contributed by atoms with van der Waals surface area (Å²) >= 11 is 0. The fourth-order valence-corrected chi connectivity index (χ4v) is 2.79. The van der Waals surface area contributed by atoms with E-state index in [9.17, 15) is 0 Å². The summed E-state index contributed by atoms with van der Waals surface area (Å²) in [6.45, 7) is 9.11. The summed E-state index contributed by atoms with van der Waals surface area (Å²) in [7, 11) is 1.73. The predicted molar refractivity (Wildman–Crippen MR) is 97.0 cm³/mol. The molecule has 3 atom stereocenters. The van der Waals surface area contributed by atoms with E-state index in [1.807, 2.05) is 0 Å². The van der Waals surface area contributed by atoms with Crippen molar-refractivity contribution >= 4 is 29.9 Å². The van der Waals surface area contributed by atoms with Gasteiger partial charge in [-0.2, -0.15) is 0 Å². The zero-order chi connectivity index (χ0) is 14.1. The zero-order valence-corrected chi connectivity index (χ0v) is 15.8. The van der Waals surface area contributed by atoms with Crippen molar-refractivity contribution in [1.29, 1.82) is 0 Å². The van der Waals surface area contributed by atoms with Crippen LogP contribution < -0.4 is 10.6 Å². The van der Waals surface area contributed by atoms with E-state index in [-0.39, 0.29) is 30.0 Å². The predicted octanol–water partition coefficient (Wildman–Crippen LogP) is 3.02. The molecule has 0 aromatic carbocycles. The molecule has 0 aromatic rings. The van der Waals surface area contributed by atoms with Gasteiger partial charge in [-0.25, -0.2) is 0 Å². The molecule has 2 N–H and O–H groups in total. The molecule has 3 unspecified atom stereocenters.